The van der Waals surface area contributed by atoms with Gasteiger partial charge >= 0.3 is 6.03 Å². The van der Waals surface area contributed by atoms with Gasteiger partial charge in [-0.05, 0) is 49.8 Å². The summed E-state index contributed by atoms with van der Waals surface area (Å²) in [6, 6.07) is 4.52. The Bertz CT molecular complexity index is 990. The highest BCUT2D eigenvalue weighted by Gasteiger charge is 2.52. The van der Waals surface area contributed by atoms with Crippen molar-refractivity contribution in [3.63, 3.8) is 0 Å². The molecule has 1 aliphatic carbocycles. The fourth-order valence-corrected chi connectivity index (χ4v) is 4.49. The predicted molar refractivity (Wildman–Crippen MR) is 104 cm³/mol. The minimum atomic E-state index is -3.89. The number of terminal acetylenes is 1. The van der Waals surface area contributed by atoms with E-state index in [2.05, 4.69) is 28.3 Å². The molecule has 1 saturated carbocycles. The zero-order valence-electron chi connectivity index (χ0n) is 15.9. The summed E-state index contributed by atoms with van der Waals surface area (Å²) in [4.78, 5) is 37.5. The molecule has 3 N–H and O–H groups in total. The number of hydrazine groups is 1. The lowest BCUT2D eigenvalue weighted by molar-refractivity contribution is -0.134. The normalized spacial score (nSPS) is 24.3. The molecule has 2 fully saturated rings. The topological polar surface area (TPSA) is 125 Å². The summed E-state index contributed by atoms with van der Waals surface area (Å²) < 4.78 is 26.5. The van der Waals surface area contributed by atoms with Crippen LogP contribution in [-0.4, -0.2) is 43.4 Å². The number of imide groups is 1. The Labute approximate surface area is 169 Å². The molecule has 0 bridgehead atoms. The fraction of sp³-hybridized carbons (Fsp3) is 0.421. The summed E-state index contributed by atoms with van der Waals surface area (Å²) >= 11 is 0. The van der Waals surface area contributed by atoms with Crippen molar-refractivity contribution >= 4 is 27.9 Å². The van der Waals surface area contributed by atoms with Gasteiger partial charge in [-0.25, -0.2) is 13.2 Å². The van der Waals surface area contributed by atoms with Crippen LogP contribution in [0.1, 0.15) is 43.0 Å². The zero-order valence-corrected chi connectivity index (χ0v) is 16.7. The van der Waals surface area contributed by atoms with E-state index < -0.39 is 33.4 Å². The second-order valence-electron chi connectivity index (χ2n) is 7.33. The molecule has 0 atom stereocenters. The summed E-state index contributed by atoms with van der Waals surface area (Å²) in [6.45, 7) is 1.90. The number of rotatable bonds is 5. The number of hydrogen-bond donors (Lipinski definition) is 3. The minimum Gasteiger partial charge on any atom is -0.322 e. The SMILES string of the molecule is C#CCNS(=O)(=O)c1cccc(C(=O)NN2C(=O)NC3(CCC(C)CC3)C2=O)c1. The van der Waals surface area contributed by atoms with Crippen molar-refractivity contribution in [1.29, 1.82) is 0 Å². The first-order valence-electron chi connectivity index (χ1n) is 9.19. The molecule has 0 unspecified atom stereocenters. The summed E-state index contributed by atoms with van der Waals surface area (Å²) in [6.07, 6.45) is 7.69. The van der Waals surface area contributed by atoms with Crippen LogP contribution >= 0.6 is 0 Å². The molecule has 2 aliphatic rings. The number of nitrogens with one attached hydrogen (secondary N) is 3. The van der Waals surface area contributed by atoms with Gasteiger partial charge in [-0.1, -0.05) is 18.9 Å². The number of carbonyl (C=O) groups is 3. The molecule has 1 aliphatic heterocycles. The van der Waals surface area contributed by atoms with Gasteiger partial charge in [0.2, 0.25) is 10.0 Å². The van der Waals surface area contributed by atoms with Crippen LogP contribution < -0.4 is 15.5 Å². The molecule has 0 radical (unpaired) electrons. The molecule has 1 aromatic carbocycles. The van der Waals surface area contributed by atoms with E-state index in [1.165, 1.54) is 18.2 Å². The van der Waals surface area contributed by atoms with Gasteiger partial charge in [-0.15, -0.1) is 6.42 Å². The Morgan fingerprint density at radius 1 is 1.34 bits per heavy atom. The first-order valence-corrected chi connectivity index (χ1v) is 10.7. The van der Waals surface area contributed by atoms with Crippen LogP contribution in [-0.2, 0) is 14.8 Å². The molecule has 3 rings (SSSR count). The first kappa shape index (κ1) is 20.8. The van der Waals surface area contributed by atoms with E-state index in [1.54, 1.807) is 0 Å². The number of carbonyl (C=O) groups excluding carboxylic acids is 3. The smallest absolute Gasteiger partial charge is 0.322 e. The third-order valence-electron chi connectivity index (χ3n) is 5.27. The average Bonchev–Trinajstić information content (AvgIpc) is 2.93. The average molecular weight is 418 g/mol. The van der Waals surface area contributed by atoms with Gasteiger partial charge in [-0.3, -0.25) is 15.0 Å². The summed E-state index contributed by atoms with van der Waals surface area (Å²) in [7, 11) is -3.89. The van der Waals surface area contributed by atoms with E-state index in [0.29, 0.717) is 23.8 Å². The van der Waals surface area contributed by atoms with Crippen LogP contribution in [0.2, 0.25) is 0 Å². The van der Waals surface area contributed by atoms with Crippen LogP contribution in [0.25, 0.3) is 0 Å². The van der Waals surface area contributed by atoms with Crippen LogP contribution in [0.3, 0.4) is 0 Å². The van der Waals surface area contributed by atoms with E-state index in [1.807, 2.05) is 0 Å². The second kappa shape index (κ2) is 7.85. The van der Waals surface area contributed by atoms with Gasteiger partial charge in [0.1, 0.15) is 5.54 Å². The van der Waals surface area contributed by atoms with Crippen LogP contribution in [0.15, 0.2) is 29.2 Å². The molecule has 1 spiro atoms. The van der Waals surface area contributed by atoms with E-state index in [-0.39, 0.29) is 17.0 Å². The summed E-state index contributed by atoms with van der Waals surface area (Å²) in [5, 5.41) is 3.38. The van der Waals surface area contributed by atoms with Gasteiger partial charge in [0.05, 0.1) is 11.4 Å². The number of amides is 4. The monoisotopic (exact) mass is 418 g/mol. The maximum Gasteiger partial charge on any atom is 0.344 e. The highest BCUT2D eigenvalue weighted by molar-refractivity contribution is 7.89. The lowest BCUT2D eigenvalue weighted by Gasteiger charge is -2.33. The van der Waals surface area contributed by atoms with Gasteiger partial charge in [0, 0.05) is 5.56 Å². The third kappa shape index (κ3) is 4.11. The Kier molecular flexibility index (Phi) is 5.64. The Balaban J connectivity index is 1.76. The van der Waals surface area contributed by atoms with Crippen molar-refractivity contribution in [2.75, 3.05) is 6.54 Å². The largest absolute Gasteiger partial charge is 0.344 e. The van der Waals surface area contributed by atoms with Crippen molar-refractivity contribution in [2.45, 2.75) is 43.0 Å². The molecule has 1 saturated heterocycles. The molecule has 154 valence electrons. The molecule has 1 heterocycles. The van der Waals surface area contributed by atoms with E-state index in [9.17, 15) is 22.8 Å². The van der Waals surface area contributed by atoms with Crippen molar-refractivity contribution in [1.82, 2.24) is 20.5 Å². The zero-order chi connectivity index (χ0) is 21.2. The highest BCUT2D eigenvalue weighted by atomic mass is 32.2. The Hall–Kier alpha value is -2.90. The Morgan fingerprint density at radius 2 is 2.03 bits per heavy atom. The lowest BCUT2D eigenvalue weighted by atomic mass is 9.77. The fourth-order valence-electron chi connectivity index (χ4n) is 3.51. The molecule has 10 heteroatoms. The highest BCUT2D eigenvalue weighted by Crippen LogP contribution is 2.35. The maximum absolute atomic E-state index is 12.8. The van der Waals surface area contributed by atoms with Gasteiger partial charge in [0.25, 0.3) is 11.8 Å². The number of hydrogen-bond acceptors (Lipinski definition) is 5. The summed E-state index contributed by atoms with van der Waals surface area (Å²) in [5.41, 5.74) is 1.28. The molecule has 9 nitrogen and oxygen atoms in total. The number of urea groups is 1. The lowest BCUT2D eigenvalue weighted by Crippen LogP contribution is -2.51. The number of sulfonamides is 1. The number of benzene rings is 1. The molecular formula is C19H22N4O5S. The van der Waals surface area contributed by atoms with Gasteiger partial charge in [-0.2, -0.15) is 9.73 Å². The van der Waals surface area contributed by atoms with Crippen molar-refractivity contribution in [3.8, 4) is 12.3 Å². The van der Waals surface area contributed by atoms with Crippen molar-refractivity contribution < 1.29 is 22.8 Å². The molecular weight excluding hydrogens is 396 g/mol. The van der Waals surface area contributed by atoms with Crippen molar-refractivity contribution in [2.24, 2.45) is 5.92 Å². The quantitative estimate of drug-likeness (QED) is 0.481. The molecule has 1 aromatic rings. The van der Waals surface area contributed by atoms with Crippen LogP contribution in [0.5, 0.6) is 0 Å². The molecule has 0 aromatic heterocycles. The third-order valence-corrected chi connectivity index (χ3v) is 6.67. The van der Waals surface area contributed by atoms with Crippen LogP contribution in [0.4, 0.5) is 4.79 Å². The maximum atomic E-state index is 12.8. The van der Waals surface area contributed by atoms with Crippen molar-refractivity contribution in [3.05, 3.63) is 29.8 Å². The molecule has 29 heavy (non-hydrogen) atoms. The standard InChI is InChI=1S/C19H22N4O5S/c1-3-11-20-29(27,28)15-6-4-5-14(12-15)16(24)22-23-17(25)19(21-18(23)26)9-7-13(2)8-10-19/h1,4-6,12-13,20H,7-11H2,2H3,(H,21,26)(H,22,24). The summed E-state index contributed by atoms with van der Waals surface area (Å²) in [5.74, 6) is 1.36. The predicted octanol–water partition coefficient (Wildman–Crippen LogP) is 0.744. The van der Waals surface area contributed by atoms with E-state index >= 15 is 0 Å². The van der Waals surface area contributed by atoms with Gasteiger partial charge in [0.15, 0.2) is 0 Å². The van der Waals surface area contributed by atoms with E-state index in [0.717, 1.165) is 18.9 Å². The Morgan fingerprint density at radius 3 is 2.69 bits per heavy atom. The molecule has 4 amide bonds. The first-order chi connectivity index (χ1) is 13.7. The minimum absolute atomic E-state index is 0.0209. The van der Waals surface area contributed by atoms with Crippen LogP contribution in [0, 0.1) is 18.3 Å². The van der Waals surface area contributed by atoms with E-state index in [4.69, 9.17) is 6.42 Å². The number of nitrogens with zero attached hydrogens (tertiary/aromatic N) is 1. The van der Waals surface area contributed by atoms with Gasteiger partial charge < -0.3 is 5.32 Å². The second-order valence-corrected chi connectivity index (χ2v) is 9.10.